The number of carbonyl (C=O) groups excluding carboxylic acids is 4. The first-order valence-electron chi connectivity index (χ1n) is 13.0. The van der Waals surface area contributed by atoms with Crippen LogP contribution in [-0.2, 0) is 38.7 Å². The van der Waals surface area contributed by atoms with Gasteiger partial charge in [-0.25, -0.2) is 9.00 Å². The Morgan fingerprint density at radius 2 is 1.32 bits per heavy atom. The summed E-state index contributed by atoms with van der Waals surface area (Å²) in [5.74, 6) is -1.16. The molecule has 0 radical (unpaired) electrons. The lowest BCUT2D eigenvalue weighted by molar-refractivity contribution is -0.633. The van der Waals surface area contributed by atoms with E-state index in [-0.39, 0.29) is 29.9 Å². The van der Waals surface area contributed by atoms with Gasteiger partial charge in [-0.1, -0.05) is 19.3 Å². The standard InChI is InChI=1S/C23H43N5O7S2/c1-18-19(28-23(32)27-18)11-5-2-6-12-20(29)24-14-8-3-7-13-21(30)25-15-9-4-10-16-26-22(31)17-37(34,36)35-33/h18-19,33H,2-17H2,1H3,(H,24,29)(H,25,30)(H,26,31)(H2,27,28,32)/p-1. The second kappa shape index (κ2) is 19.1. The van der Waals surface area contributed by atoms with Crippen LogP contribution in [0.3, 0.4) is 0 Å². The van der Waals surface area contributed by atoms with Crippen LogP contribution in [0.2, 0.25) is 0 Å². The van der Waals surface area contributed by atoms with Crippen LogP contribution in [0.1, 0.15) is 84.0 Å². The highest BCUT2D eigenvalue weighted by Gasteiger charge is 2.26. The maximum Gasteiger partial charge on any atom is 0.315 e. The summed E-state index contributed by atoms with van der Waals surface area (Å²) in [6.45, 7) is 3.52. The van der Waals surface area contributed by atoms with Gasteiger partial charge in [0.1, 0.15) is 14.5 Å². The molecule has 3 unspecified atom stereocenters. The van der Waals surface area contributed by atoms with Crippen molar-refractivity contribution in [3.05, 3.63) is 0 Å². The molecule has 0 saturated carbocycles. The quantitative estimate of drug-likeness (QED) is 0.0737. The zero-order chi connectivity index (χ0) is 27.5. The van der Waals surface area contributed by atoms with E-state index in [0.29, 0.717) is 38.9 Å². The minimum absolute atomic E-state index is 0.00231. The van der Waals surface area contributed by atoms with Gasteiger partial charge in [0.2, 0.25) is 17.7 Å². The Kier molecular flexibility index (Phi) is 17.0. The van der Waals surface area contributed by atoms with Crippen molar-refractivity contribution in [1.29, 1.82) is 0 Å². The fourth-order valence-electron chi connectivity index (χ4n) is 3.90. The first kappa shape index (κ1) is 33.0. The first-order valence-corrected chi connectivity index (χ1v) is 15.6. The van der Waals surface area contributed by atoms with Gasteiger partial charge in [-0.05, 0) is 51.9 Å². The molecule has 5 N–H and O–H groups in total. The molecular weight excluding hydrogens is 522 g/mol. The number of hydrogen-bond acceptors (Lipinski definition) is 8. The summed E-state index contributed by atoms with van der Waals surface area (Å²) in [6.07, 6.45) is 9.32. The van der Waals surface area contributed by atoms with E-state index in [9.17, 15) is 28.6 Å². The molecule has 1 rings (SSSR count). The van der Waals surface area contributed by atoms with Crippen LogP contribution in [0.5, 0.6) is 0 Å². The fraction of sp³-hybridized carbons (Fsp3) is 0.826. The number of urea groups is 1. The van der Waals surface area contributed by atoms with Crippen LogP contribution >= 0.6 is 0 Å². The first-order chi connectivity index (χ1) is 17.6. The van der Waals surface area contributed by atoms with Gasteiger partial charge in [-0.3, -0.25) is 14.4 Å². The number of hydrogen-bond donors (Lipinski definition) is 5. The Hall–Kier alpha value is -2.03. The molecule has 0 aliphatic carbocycles. The van der Waals surface area contributed by atoms with Crippen molar-refractivity contribution in [2.45, 2.75) is 96.1 Å². The molecule has 37 heavy (non-hydrogen) atoms. The molecule has 14 heteroatoms. The maximum absolute atomic E-state index is 11.9. The number of carbonyl (C=O) groups is 4. The molecule has 0 bridgehead atoms. The van der Waals surface area contributed by atoms with Gasteiger partial charge in [0.05, 0.1) is 6.04 Å². The molecule has 1 heterocycles. The summed E-state index contributed by atoms with van der Waals surface area (Å²) in [6, 6.07) is 0.214. The molecule has 0 aromatic heterocycles. The molecule has 0 aromatic rings. The number of rotatable bonds is 21. The van der Waals surface area contributed by atoms with Crippen molar-refractivity contribution in [3.8, 4) is 0 Å². The third-order valence-electron chi connectivity index (χ3n) is 6.01. The predicted octanol–water partition coefficient (Wildman–Crippen LogP) is 0.0393. The molecule has 12 nitrogen and oxygen atoms in total. The average molecular weight is 565 g/mol. The van der Waals surface area contributed by atoms with Crippen molar-refractivity contribution >= 4 is 43.7 Å². The Labute approximate surface area is 224 Å². The van der Waals surface area contributed by atoms with Gasteiger partial charge >= 0.3 is 6.03 Å². The third-order valence-corrected chi connectivity index (χ3v) is 7.35. The number of amides is 5. The summed E-state index contributed by atoms with van der Waals surface area (Å²) in [4.78, 5) is 46.5. The van der Waals surface area contributed by atoms with Crippen LogP contribution in [0.25, 0.3) is 0 Å². The zero-order valence-electron chi connectivity index (χ0n) is 21.6. The number of nitrogens with one attached hydrogen (secondary N) is 5. The molecule has 1 aliphatic rings. The molecular formula is C23H42N5O7S2-. The van der Waals surface area contributed by atoms with Crippen molar-refractivity contribution in [1.82, 2.24) is 26.6 Å². The second-order valence-corrected chi connectivity index (χ2v) is 12.4. The lowest BCUT2D eigenvalue weighted by Crippen LogP contribution is -2.32. The maximum atomic E-state index is 11.9. The summed E-state index contributed by atoms with van der Waals surface area (Å²) >= 11 is 4.35. The van der Waals surface area contributed by atoms with E-state index in [1.54, 1.807) is 0 Å². The zero-order valence-corrected chi connectivity index (χ0v) is 23.3. The smallest absolute Gasteiger partial charge is 0.315 e. The normalized spacial score (nSPS) is 18.4. The van der Waals surface area contributed by atoms with Gasteiger partial charge in [0, 0.05) is 49.7 Å². The van der Waals surface area contributed by atoms with Crippen LogP contribution in [0, 0.1) is 0 Å². The summed E-state index contributed by atoms with van der Waals surface area (Å²) in [7, 11) is -3.52. The number of unbranched alkanes of at least 4 members (excludes halogenated alkanes) is 6. The van der Waals surface area contributed by atoms with E-state index in [0.717, 1.165) is 57.8 Å². The molecule has 3 atom stereocenters. The summed E-state index contributed by atoms with van der Waals surface area (Å²) < 4.78 is 14.6. The SMILES string of the molecule is CC1NC(=O)NC1CCCCCC(=O)NCCCCCC(=O)NCCCCCNC(=O)CS(=O)(=S)O[O-]. The van der Waals surface area contributed by atoms with Crippen molar-refractivity contribution in [2.75, 3.05) is 25.4 Å². The van der Waals surface area contributed by atoms with Gasteiger partial charge in [-0.2, -0.15) is 0 Å². The van der Waals surface area contributed by atoms with Gasteiger partial charge in [0.25, 0.3) is 0 Å². The monoisotopic (exact) mass is 564 g/mol. The van der Waals surface area contributed by atoms with E-state index in [2.05, 4.69) is 42.1 Å². The van der Waals surface area contributed by atoms with Crippen LogP contribution in [0.15, 0.2) is 0 Å². The third kappa shape index (κ3) is 17.2. The minimum atomic E-state index is -3.52. The van der Waals surface area contributed by atoms with E-state index in [4.69, 9.17) is 0 Å². The Bertz CT molecular complexity index is 826. The van der Waals surface area contributed by atoms with E-state index < -0.39 is 20.4 Å². The minimum Gasteiger partial charge on any atom is -0.709 e. The van der Waals surface area contributed by atoms with Crippen LogP contribution < -0.4 is 31.8 Å². The van der Waals surface area contributed by atoms with Gasteiger partial charge < -0.3 is 36.2 Å². The van der Waals surface area contributed by atoms with E-state index in [1.165, 1.54) is 0 Å². The van der Waals surface area contributed by atoms with Crippen molar-refractivity contribution < 1.29 is 33.0 Å². The van der Waals surface area contributed by atoms with E-state index >= 15 is 0 Å². The lowest BCUT2D eigenvalue weighted by atomic mass is 10.0. The predicted molar refractivity (Wildman–Crippen MR) is 141 cm³/mol. The Morgan fingerprint density at radius 1 is 0.838 bits per heavy atom. The molecule has 1 aliphatic heterocycles. The second-order valence-electron chi connectivity index (χ2n) is 9.30. The van der Waals surface area contributed by atoms with Gasteiger partial charge in [0.15, 0.2) is 0 Å². The average Bonchev–Trinajstić information content (AvgIpc) is 3.16. The molecule has 214 valence electrons. The highest BCUT2D eigenvalue weighted by atomic mass is 32.8. The highest BCUT2D eigenvalue weighted by molar-refractivity contribution is 8.30. The van der Waals surface area contributed by atoms with E-state index in [1.807, 2.05) is 6.92 Å². The van der Waals surface area contributed by atoms with Crippen molar-refractivity contribution in [3.63, 3.8) is 0 Å². The largest absolute Gasteiger partial charge is 0.709 e. The summed E-state index contributed by atoms with van der Waals surface area (Å²) in [5.41, 5.74) is 0. The molecule has 1 fully saturated rings. The van der Waals surface area contributed by atoms with Crippen molar-refractivity contribution in [2.24, 2.45) is 0 Å². The molecule has 0 aromatic carbocycles. The highest BCUT2D eigenvalue weighted by Crippen LogP contribution is 2.11. The Morgan fingerprint density at radius 3 is 1.81 bits per heavy atom. The Balaban J connectivity index is 1.86. The van der Waals surface area contributed by atoms with Crippen LogP contribution in [-0.4, -0.2) is 65.4 Å². The lowest BCUT2D eigenvalue weighted by Gasteiger charge is -2.13. The molecule has 5 amide bonds. The molecule has 0 spiro atoms. The molecule has 1 saturated heterocycles. The van der Waals surface area contributed by atoms with Gasteiger partial charge in [-0.15, -0.1) is 0 Å². The van der Waals surface area contributed by atoms with Crippen LogP contribution in [0.4, 0.5) is 4.79 Å². The topological polar surface area (TPSA) is 178 Å². The summed E-state index contributed by atoms with van der Waals surface area (Å²) in [5, 5.41) is 24.1. The fourth-order valence-corrected chi connectivity index (χ4v) is 4.69.